The average molecular weight is 338 g/mol. The number of hydrogen-bond acceptors (Lipinski definition) is 4. The van der Waals surface area contributed by atoms with Crippen molar-refractivity contribution in [2.75, 3.05) is 12.2 Å². The normalized spacial score (nSPS) is 10.6. The Morgan fingerprint density at radius 2 is 1.80 bits per heavy atom. The molecule has 1 aromatic heterocycles. The van der Waals surface area contributed by atoms with Crippen molar-refractivity contribution in [1.82, 2.24) is 4.57 Å². The summed E-state index contributed by atoms with van der Waals surface area (Å²) >= 11 is 0. The number of benzene rings is 2. The van der Waals surface area contributed by atoms with Crippen LogP contribution in [0.2, 0.25) is 0 Å². The highest BCUT2D eigenvalue weighted by Crippen LogP contribution is 2.28. The molecule has 0 N–H and O–H groups in total. The molecular formula is C19H18N2O4. The number of carbonyl (C=O) groups excluding carboxylic acids is 2. The summed E-state index contributed by atoms with van der Waals surface area (Å²) in [5, 5.41) is 1.80. The Bertz CT molecular complexity index is 902. The number of ether oxygens (including phenoxy) is 1. The highest BCUT2D eigenvalue weighted by molar-refractivity contribution is 6.02. The Kier molecular flexibility index (Phi) is 4.81. The molecule has 1 heterocycles. The molecule has 0 saturated carbocycles. The van der Waals surface area contributed by atoms with Crippen molar-refractivity contribution >= 4 is 28.6 Å². The van der Waals surface area contributed by atoms with Gasteiger partial charge >= 0.3 is 6.09 Å². The first-order valence-electron chi connectivity index (χ1n) is 7.77. The van der Waals surface area contributed by atoms with E-state index in [1.807, 2.05) is 36.4 Å². The number of amides is 1. The minimum absolute atomic E-state index is 0.109. The van der Waals surface area contributed by atoms with Gasteiger partial charge in [-0.15, -0.1) is 0 Å². The summed E-state index contributed by atoms with van der Waals surface area (Å²) in [6.45, 7) is 1.62. The molecule has 0 aliphatic carbocycles. The second kappa shape index (κ2) is 7.19. The molecule has 0 saturated heterocycles. The van der Waals surface area contributed by atoms with E-state index in [1.165, 1.54) is 18.6 Å². The lowest BCUT2D eigenvalue weighted by Gasteiger charge is -2.20. The van der Waals surface area contributed by atoms with Crippen LogP contribution in [-0.2, 0) is 16.2 Å². The van der Waals surface area contributed by atoms with Gasteiger partial charge in [0.1, 0.15) is 6.61 Å². The van der Waals surface area contributed by atoms with Crippen LogP contribution < -0.4 is 5.06 Å². The van der Waals surface area contributed by atoms with Crippen LogP contribution in [0.25, 0.3) is 10.9 Å². The lowest BCUT2D eigenvalue weighted by Crippen LogP contribution is -2.30. The highest BCUT2D eigenvalue weighted by Gasteiger charge is 2.21. The molecule has 0 aliphatic rings. The molecule has 0 unspecified atom stereocenters. The molecule has 3 rings (SSSR count). The van der Waals surface area contributed by atoms with Gasteiger partial charge in [0.2, 0.25) is 5.91 Å². The minimum atomic E-state index is -0.630. The highest BCUT2D eigenvalue weighted by atomic mass is 16.7. The summed E-state index contributed by atoms with van der Waals surface area (Å²) < 4.78 is 6.84. The summed E-state index contributed by atoms with van der Waals surface area (Å²) in [6.07, 6.45) is 1.04. The third kappa shape index (κ3) is 3.39. The van der Waals surface area contributed by atoms with Crippen LogP contribution in [0.5, 0.6) is 0 Å². The molecule has 6 heteroatoms. The van der Waals surface area contributed by atoms with E-state index in [0.29, 0.717) is 11.2 Å². The van der Waals surface area contributed by atoms with E-state index in [-0.39, 0.29) is 12.5 Å². The van der Waals surface area contributed by atoms with Crippen LogP contribution in [0.4, 0.5) is 10.5 Å². The van der Waals surface area contributed by atoms with Crippen molar-refractivity contribution in [3.63, 3.8) is 0 Å². The number of carbonyl (C=O) groups is 2. The van der Waals surface area contributed by atoms with Gasteiger partial charge < -0.3 is 4.74 Å². The van der Waals surface area contributed by atoms with Gasteiger partial charge in [-0.2, -0.15) is 5.06 Å². The first kappa shape index (κ1) is 16.7. The monoisotopic (exact) mass is 338 g/mol. The molecule has 0 fully saturated rings. The fraction of sp³-hybridized carbons (Fsp3) is 0.158. The lowest BCUT2D eigenvalue weighted by molar-refractivity contribution is 0.0941. The molecule has 0 bridgehead atoms. The van der Waals surface area contributed by atoms with E-state index in [2.05, 4.69) is 0 Å². The van der Waals surface area contributed by atoms with Crippen LogP contribution in [0.3, 0.4) is 0 Å². The SMILES string of the molecule is CON(C(=O)OCc1ccccc1)c1cccc2c1ccn2C(C)=O. The summed E-state index contributed by atoms with van der Waals surface area (Å²) in [7, 11) is 1.39. The Morgan fingerprint density at radius 1 is 1.04 bits per heavy atom. The van der Waals surface area contributed by atoms with Crippen LogP contribution in [0, 0.1) is 0 Å². The van der Waals surface area contributed by atoms with E-state index in [4.69, 9.17) is 9.57 Å². The molecule has 0 spiro atoms. The maximum Gasteiger partial charge on any atom is 0.439 e. The smallest absolute Gasteiger partial charge is 0.439 e. The second-order valence-corrected chi connectivity index (χ2v) is 5.43. The minimum Gasteiger partial charge on any atom is -0.443 e. The van der Waals surface area contributed by atoms with E-state index < -0.39 is 6.09 Å². The number of anilines is 1. The maximum absolute atomic E-state index is 12.4. The molecule has 128 valence electrons. The van der Waals surface area contributed by atoms with Crippen LogP contribution >= 0.6 is 0 Å². The predicted octanol–water partition coefficient (Wildman–Crippen LogP) is 4.01. The van der Waals surface area contributed by atoms with Crippen molar-refractivity contribution in [2.24, 2.45) is 0 Å². The second-order valence-electron chi connectivity index (χ2n) is 5.43. The molecule has 0 aliphatic heterocycles. The standard InChI is InChI=1S/C19H18N2O4/c1-14(22)20-12-11-16-17(20)9-6-10-18(16)21(24-2)19(23)25-13-15-7-4-3-5-8-15/h3-12H,13H2,1-2H3. The first-order chi connectivity index (χ1) is 12.1. The zero-order valence-electron chi connectivity index (χ0n) is 14.0. The van der Waals surface area contributed by atoms with E-state index in [9.17, 15) is 9.59 Å². The quantitative estimate of drug-likeness (QED) is 0.675. The Hall–Kier alpha value is -3.12. The van der Waals surface area contributed by atoms with Crippen molar-refractivity contribution in [3.05, 3.63) is 66.4 Å². The number of nitrogens with zero attached hydrogens (tertiary/aromatic N) is 2. The zero-order valence-corrected chi connectivity index (χ0v) is 14.0. The Morgan fingerprint density at radius 3 is 2.48 bits per heavy atom. The topological polar surface area (TPSA) is 60.8 Å². The third-order valence-corrected chi connectivity index (χ3v) is 3.82. The zero-order chi connectivity index (χ0) is 17.8. The molecule has 25 heavy (non-hydrogen) atoms. The number of hydrogen-bond donors (Lipinski definition) is 0. The van der Waals surface area contributed by atoms with Gasteiger partial charge in [0.05, 0.1) is 18.3 Å². The Labute approximate surface area is 145 Å². The molecular weight excluding hydrogens is 320 g/mol. The lowest BCUT2D eigenvalue weighted by atomic mass is 10.2. The summed E-state index contributed by atoms with van der Waals surface area (Å²) in [5.41, 5.74) is 2.09. The van der Waals surface area contributed by atoms with Gasteiger partial charge in [-0.1, -0.05) is 36.4 Å². The van der Waals surface area contributed by atoms with E-state index in [1.54, 1.807) is 24.4 Å². The first-order valence-corrected chi connectivity index (χ1v) is 7.77. The van der Waals surface area contributed by atoms with E-state index >= 15 is 0 Å². The fourth-order valence-electron chi connectivity index (χ4n) is 2.65. The fourth-order valence-corrected chi connectivity index (χ4v) is 2.65. The molecule has 2 aromatic carbocycles. The number of hydroxylamine groups is 1. The summed E-state index contributed by atoms with van der Waals surface area (Å²) in [4.78, 5) is 29.4. The van der Waals surface area contributed by atoms with Gasteiger partial charge in [0.15, 0.2) is 0 Å². The maximum atomic E-state index is 12.4. The van der Waals surface area contributed by atoms with Gasteiger partial charge in [-0.25, -0.2) is 4.79 Å². The van der Waals surface area contributed by atoms with Gasteiger partial charge in [-0.05, 0) is 23.8 Å². The Balaban J connectivity index is 1.86. The number of fused-ring (bicyclic) bond motifs is 1. The molecule has 1 amide bonds. The summed E-state index contributed by atoms with van der Waals surface area (Å²) in [5.74, 6) is -0.109. The third-order valence-electron chi connectivity index (χ3n) is 3.82. The molecule has 6 nitrogen and oxygen atoms in total. The predicted molar refractivity (Wildman–Crippen MR) is 94.4 cm³/mol. The van der Waals surface area contributed by atoms with Crippen molar-refractivity contribution in [3.8, 4) is 0 Å². The molecule has 0 atom stereocenters. The van der Waals surface area contributed by atoms with Crippen molar-refractivity contribution in [1.29, 1.82) is 0 Å². The number of rotatable bonds is 4. The van der Waals surface area contributed by atoms with Crippen molar-refractivity contribution in [2.45, 2.75) is 13.5 Å². The van der Waals surface area contributed by atoms with Gasteiger partial charge in [-0.3, -0.25) is 14.2 Å². The largest absolute Gasteiger partial charge is 0.443 e. The van der Waals surface area contributed by atoms with Crippen LogP contribution in [0.1, 0.15) is 17.3 Å². The van der Waals surface area contributed by atoms with Crippen LogP contribution in [0.15, 0.2) is 60.8 Å². The van der Waals surface area contributed by atoms with Crippen LogP contribution in [-0.4, -0.2) is 23.7 Å². The van der Waals surface area contributed by atoms with Gasteiger partial charge in [0.25, 0.3) is 0 Å². The van der Waals surface area contributed by atoms with Crippen molar-refractivity contribution < 1.29 is 19.2 Å². The van der Waals surface area contributed by atoms with E-state index in [0.717, 1.165) is 16.0 Å². The number of aromatic nitrogens is 1. The van der Waals surface area contributed by atoms with Gasteiger partial charge in [0, 0.05) is 18.5 Å². The average Bonchev–Trinajstić information content (AvgIpc) is 3.06. The molecule has 0 radical (unpaired) electrons. The molecule has 3 aromatic rings. The summed E-state index contributed by atoms with van der Waals surface area (Å²) in [6, 6.07) is 16.5.